The zero-order valence-electron chi connectivity index (χ0n) is 17.5. The fourth-order valence-electron chi connectivity index (χ4n) is 3.63. The van der Waals surface area contributed by atoms with E-state index in [0.29, 0.717) is 30.7 Å². The molecule has 1 aliphatic heterocycles. The lowest BCUT2D eigenvalue weighted by atomic mass is 10.1. The van der Waals surface area contributed by atoms with Crippen LogP contribution in [0.15, 0.2) is 36.7 Å². The molecule has 0 aliphatic carbocycles. The van der Waals surface area contributed by atoms with E-state index in [2.05, 4.69) is 20.3 Å². The Bertz CT molecular complexity index is 1060. The monoisotopic (exact) mass is 409 g/mol. The van der Waals surface area contributed by atoms with Crippen molar-refractivity contribution in [2.75, 3.05) is 24.1 Å². The predicted octanol–water partition coefficient (Wildman–Crippen LogP) is 3.21. The molecule has 30 heavy (non-hydrogen) atoms. The van der Waals surface area contributed by atoms with E-state index in [9.17, 15) is 4.79 Å². The van der Waals surface area contributed by atoms with Gasteiger partial charge < -0.3 is 20.7 Å². The fraction of sp³-hybridized carbons (Fsp3) is 0.429. The smallest absolute Gasteiger partial charge is 0.410 e. The van der Waals surface area contributed by atoms with Crippen molar-refractivity contribution < 1.29 is 9.53 Å². The van der Waals surface area contributed by atoms with E-state index >= 15 is 0 Å². The molecule has 1 aromatic carbocycles. The van der Waals surface area contributed by atoms with Gasteiger partial charge in [0.2, 0.25) is 5.95 Å². The molecule has 3 heterocycles. The normalized spacial score (nSPS) is 17.2. The van der Waals surface area contributed by atoms with Gasteiger partial charge in [0.1, 0.15) is 23.6 Å². The number of benzene rings is 1. The van der Waals surface area contributed by atoms with Crippen molar-refractivity contribution in [3.63, 3.8) is 0 Å². The first-order valence-corrected chi connectivity index (χ1v) is 10.1. The number of piperidine rings is 1. The maximum atomic E-state index is 12.4. The zero-order chi connectivity index (χ0) is 21.3. The van der Waals surface area contributed by atoms with Gasteiger partial charge in [0.25, 0.3) is 0 Å². The summed E-state index contributed by atoms with van der Waals surface area (Å²) >= 11 is 0. The molecule has 1 atom stereocenters. The number of nitrogens with one attached hydrogen (secondary N) is 1. The molecule has 3 aromatic rings. The van der Waals surface area contributed by atoms with Crippen molar-refractivity contribution in [1.82, 2.24) is 24.4 Å². The van der Waals surface area contributed by atoms with E-state index in [-0.39, 0.29) is 12.1 Å². The van der Waals surface area contributed by atoms with Crippen LogP contribution in [0.25, 0.3) is 16.9 Å². The molecule has 9 nitrogen and oxygen atoms in total. The highest BCUT2D eigenvalue weighted by molar-refractivity contribution is 5.80. The summed E-state index contributed by atoms with van der Waals surface area (Å²) in [7, 11) is 0. The Balaban J connectivity index is 1.51. The number of aromatic nitrogens is 4. The van der Waals surface area contributed by atoms with Gasteiger partial charge in [0, 0.05) is 25.2 Å². The van der Waals surface area contributed by atoms with Crippen molar-refractivity contribution in [1.29, 1.82) is 0 Å². The van der Waals surface area contributed by atoms with Gasteiger partial charge in [-0.25, -0.2) is 19.7 Å². The van der Waals surface area contributed by atoms with Gasteiger partial charge in [0.05, 0.1) is 11.0 Å². The first-order chi connectivity index (χ1) is 14.3. The molecule has 1 amide bonds. The minimum Gasteiger partial charge on any atom is -0.444 e. The number of para-hydroxylation sites is 2. The van der Waals surface area contributed by atoms with Gasteiger partial charge in [-0.05, 0) is 45.7 Å². The molecule has 0 radical (unpaired) electrons. The van der Waals surface area contributed by atoms with Crippen LogP contribution in [0.3, 0.4) is 0 Å². The van der Waals surface area contributed by atoms with Crippen molar-refractivity contribution >= 4 is 28.9 Å². The van der Waals surface area contributed by atoms with Crippen LogP contribution in [0.4, 0.5) is 16.6 Å². The molecular weight excluding hydrogens is 382 g/mol. The van der Waals surface area contributed by atoms with Gasteiger partial charge in [-0.3, -0.25) is 4.57 Å². The summed E-state index contributed by atoms with van der Waals surface area (Å²) in [5, 5.41) is 3.42. The molecular formula is C21H27N7O2. The molecule has 1 saturated heterocycles. The van der Waals surface area contributed by atoms with Gasteiger partial charge in [-0.1, -0.05) is 12.1 Å². The Morgan fingerprint density at radius 3 is 2.87 bits per heavy atom. The molecule has 1 fully saturated rings. The molecule has 158 valence electrons. The third kappa shape index (κ3) is 4.29. The van der Waals surface area contributed by atoms with E-state index in [1.54, 1.807) is 9.47 Å². The predicted molar refractivity (Wildman–Crippen MR) is 116 cm³/mol. The maximum absolute atomic E-state index is 12.4. The number of hydrogen-bond donors (Lipinski definition) is 2. The summed E-state index contributed by atoms with van der Waals surface area (Å²) in [6.07, 6.45) is 3.05. The maximum Gasteiger partial charge on any atom is 0.410 e. The summed E-state index contributed by atoms with van der Waals surface area (Å²) in [4.78, 5) is 27.3. The third-order valence-corrected chi connectivity index (χ3v) is 4.89. The fourth-order valence-corrected chi connectivity index (χ4v) is 3.63. The summed E-state index contributed by atoms with van der Waals surface area (Å²) in [5.74, 6) is 1.68. The van der Waals surface area contributed by atoms with Crippen LogP contribution in [-0.4, -0.2) is 55.2 Å². The summed E-state index contributed by atoms with van der Waals surface area (Å²) < 4.78 is 7.31. The highest BCUT2D eigenvalue weighted by Gasteiger charge is 2.27. The van der Waals surface area contributed by atoms with Crippen molar-refractivity contribution in [2.24, 2.45) is 0 Å². The number of nitrogens with two attached hydrogens (primary N) is 1. The van der Waals surface area contributed by atoms with Crippen LogP contribution >= 0.6 is 0 Å². The van der Waals surface area contributed by atoms with Crippen molar-refractivity contribution in [3.8, 4) is 5.82 Å². The number of nitrogens with zero attached hydrogens (tertiary/aromatic N) is 5. The average molecular weight is 409 g/mol. The van der Waals surface area contributed by atoms with Gasteiger partial charge in [-0.15, -0.1) is 0 Å². The Morgan fingerprint density at radius 2 is 2.07 bits per heavy atom. The first-order valence-electron chi connectivity index (χ1n) is 10.1. The quantitative estimate of drug-likeness (QED) is 0.683. The molecule has 2 aromatic heterocycles. The number of fused-ring (bicyclic) bond motifs is 1. The number of likely N-dealkylation sites (tertiary alicyclic amines) is 1. The Kier molecular flexibility index (Phi) is 5.19. The van der Waals surface area contributed by atoms with E-state index in [1.165, 1.54) is 6.33 Å². The molecule has 4 rings (SSSR count). The van der Waals surface area contributed by atoms with E-state index in [0.717, 1.165) is 23.9 Å². The number of nitrogen functional groups attached to an aromatic ring is 1. The Hall–Kier alpha value is -3.36. The second kappa shape index (κ2) is 7.81. The number of rotatable bonds is 3. The molecule has 0 saturated carbocycles. The van der Waals surface area contributed by atoms with Crippen LogP contribution in [0.1, 0.15) is 33.6 Å². The van der Waals surface area contributed by atoms with Crippen molar-refractivity contribution in [2.45, 2.75) is 45.3 Å². The van der Waals surface area contributed by atoms with E-state index < -0.39 is 5.60 Å². The number of carbonyl (C=O) groups excluding carboxylic acids is 1. The topological polar surface area (TPSA) is 111 Å². The summed E-state index contributed by atoms with van der Waals surface area (Å²) in [6.45, 7) is 6.87. The number of ether oxygens (including phenoxy) is 1. The number of anilines is 2. The lowest BCUT2D eigenvalue weighted by Crippen LogP contribution is -2.47. The van der Waals surface area contributed by atoms with Crippen LogP contribution in [0.2, 0.25) is 0 Å². The molecule has 3 N–H and O–H groups in total. The highest BCUT2D eigenvalue weighted by Crippen LogP contribution is 2.23. The largest absolute Gasteiger partial charge is 0.444 e. The third-order valence-electron chi connectivity index (χ3n) is 4.89. The van der Waals surface area contributed by atoms with Crippen molar-refractivity contribution in [3.05, 3.63) is 36.7 Å². The molecule has 0 bridgehead atoms. The second-order valence-electron chi connectivity index (χ2n) is 8.47. The van der Waals surface area contributed by atoms with Gasteiger partial charge in [-0.2, -0.15) is 0 Å². The lowest BCUT2D eigenvalue weighted by Gasteiger charge is -2.34. The Labute approximate surface area is 175 Å². The molecule has 0 spiro atoms. The van der Waals surface area contributed by atoms with Crippen LogP contribution < -0.4 is 11.1 Å². The molecule has 1 unspecified atom stereocenters. The van der Waals surface area contributed by atoms with E-state index in [1.807, 2.05) is 51.1 Å². The van der Waals surface area contributed by atoms with Crippen LogP contribution in [0, 0.1) is 0 Å². The van der Waals surface area contributed by atoms with E-state index in [4.69, 9.17) is 10.5 Å². The summed E-state index contributed by atoms with van der Waals surface area (Å²) in [5.41, 5.74) is 7.32. The van der Waals surface area contributed by atoms with Crippen LogP contribution in [-0.2, 0) is 4.74 Å². The summed E-state index contributed by atoms with van der Waals surface area (Å²) in [6, 6.07) is 9.64. The molecule has 9 heteroatoms. The number of amides is 1. The Morgan fingerprint density at radius 1 is 1.27 bits per heavy atom. The minimum absolute atomic E-state index is 0.0749. The average Bonchev–Trinajstić information content (AvgIpc) is 3.03. The highest BCUT2D eigenvalue weighted by atomic mass is 16.6. The zero-order valence-corrected chi connectivity index (χ0v) is 17.5. The number of hydrogen-bond acceptors (Lipinski definition) is 7. The van der Waals surface area contributed by atoms with Gasteiger partial charge >= 0.3 is 6.09 Å². The first kappa shape index (κ1) is 19.9. The van der Waals surface area contributed by atoms with Crippen LogP contribution in [0.5, 0.6) is 0 Å². The second-order valence-corrected chi connectivity index (χ2v) is 8.47. The SMILES string of the molecule is CC(C)(C)OC(=O)N1CCCC(Nc2cc(-n3c(N)nc4ccccc43)ncn2)C1. The van der Waals surface area contributed by atoms with Gasteiger partial charge in [0.15, 0.2) is 0 Å². The number of carbonyl (C=O) groups is 1. The molecule has 1 aliphatic rings. The minimum atomic E-state index is -0.507. The number of imidazole rings is 1. The standard InChI is InChI=1S/C21H27N7O2/c1-21(2,3)30-20(29)27-10-6-7-14(12-27)25-17-11-18(24-13-23-17)28-16-9-5-4-8-15(16)26-19(28)22/h4-5,8-9,11,13-14H,6-7,10,12H2,1-3H3,(H2,22,26)(H,23,24,25). The lowest BCUT2D eigenvalue weighted by molar-refractivity contribution is 0.0206.